The fourth-order valence-electron chi connectivity index (χ4n) is 3.61. The molecule has 3 aromatic rings. The van der Waals surface area contributed by atoms with Gasteiger partial charge in [0, 0.05) is 23.6 Å². The first-order valence-corrected chi connectivity index (χ1v) is 9.33. The van der Waals surface area contributed by atoms with E-state index in [4.69, 9.17) is 23.7 Å². The lowest BCUT2D eigenvalue weighted by molar-refractivity contribution is 0.0510. The largest absolute Gasteiger partial charge is 0.507 e. The highest BCUT2D eigenvalue weighted by molar-refractivity contribution is 6.08. The second-order valence-electron chi connectivity index (χ2n) is 6.69. The number of carboxylic acid groups (broad SMARTS) is 1. The minimum Gasteiger partial charge on any atom is -0.507 e. The molecule has 0 aromatic heterocycles. The smallest absolute Gasteiger partial charge is 0.340 e. The quantitative estimate of drug-likeness (QED) is 0.514. The Bertz CT molecular complexity index is 1140. The molecule has 0 spiro atoms. The van der Waals surface area contributed by atoms with Gasteiger partial charge in [0.1, 0.15) is 34.3 Å². The molecule has 3 aromatic carbocycles. The number of aromatic hydroxyl groups is 1. The van der Waals surface area contributed by atoms with Crippen LogP contribution in [0.5, 0.6) is 28.7 Å². The first kappa shape index (κ1) is 22.0. The summed E-state index contributed by atoms with van der Waals surface area (Å²) in [5, 5.41) is 21.8. The van der Waals surface area contributed by atoms with Gasteiger partial charge in [-0.1, -0.05) is 12.1 Å². The molecule has 0 aliphatic carbocycles. The van der Waals surface area contributed by atoms with Crippen LogP contribution in [0.1, 0.15) is 15.9 Å². The third kappa shape index (κ3) is 3.77. The summed E-state index contributed by atoms with van der Waals surface area (Å²) in [6.45, 7) is 1.48. The maximum absolute atomic E-state index is 12.2. The van der Waals surface area contributed by atoms with E-state index in [0.29, 0.717) is 39.1 Å². The molecule has 0 saturated heterocycles. The van der Waals surface area contributed by atoms with E-state index in [1.54, 1.807) is 38.3 Å². The van der Waals surface area contributed by atoms with Crippen molar-refractivity contribution in [3.8, 4) is 39.9 Å². The Hall–Kier alpha value is -3.65. The Morgan fingerprint density at radius 2 is 1.68 bits per heavy atom. The molecule has 164 valence electrons. The van der Waals surface area contributed by atoms with Crippen molar-refractivity contribution in [1.82, 2.24) is 0 Å². The molecule has 0 amide bonds. The molecule has 0 bridgehead atoms. The summed E-state index contributed by atoms with van der Waals surface area (Å²) < 4.78 is 27.5. The predicted molar refractivity (Wildman–Crippen MR) is 115 cm³/mol. The van der Waals surface area contributed by atoms with Gasteiger partial charge in [-0.15, -0.1) is 0 Å². The minimum absolute atomic E-state index is 0.114. The maximum atomic E-state index is 12.2. The van der Waals surface area contributed by atoms with Crippen LogP contribution >= 0.6 is 0 Å². The summed E-state index contributed by atoms with van der Waals surface area (Å²) in [5.74, 6) is -0.0678. The van der Waals surface area contributed by atoms with Gasteiger partial charge in [0.05, 0.1) is 26.7 Å². The summed E-state index contributed by atoms with van der Waals surface area (Å²) >= 11 is 0. The monoisotopic (exact) mass is 428 g/mol. The zero-order chi connectivity index (χ0) is 22.7. The van der Waals surface area contributed by atoms with E-state index in [0.717, 1.165) is 0 Å². The van der Waals surface area contributed by atoms with E-state index in [2.05, 4.69) is 0 Å². The average Bonchev–Trinajstić information content (AvgIpc) is 2.77. The molecule has 0 unspecified atom stereocenters. The third-order valence-electron chi connectivity index (χ3n) is 4.95. The van der Waals surface area contributed by atoms with E-state index in [1.807, 2.05) is 6.07 Å². The van der Waals surface area contributed by atoms with Crippen molar-refractivity contribution in [3.05, 3.63) is 41.5 Å². The Kier molecular flexibility index (Phi) is 6.41. The van der Waals surface area contributed by atoms with Crippen LogP contribution in [0.2, 0.25) is 0 Å². The predicted octanol–water partition coefficient (Wildman–Crippen LogP) is 4.23. The van der Waals surface area contributed by atoms with Gasteiger partial charge in [-0.05, 0) is 30.7 Å². The first-order chi connectivity index (χ1) is 14.9. The van der Waals surface area contributed by atoms with Gasteiger partial charge < -0.3 is 33.9 Å². The first-order valence-electron chi connectivity index (χ1n) is 9.33. The molecule has 0 fully saturated rings. The number of methoxy groups -OCH3 is 4. The van der Waals surface area contributed by atoms with Crippen LogP contribution in [0.3, 0.4) is 0 Å². The third-order valence-corrected chi connectivity index (χ3v) is 4.95. The highest BCUT2D eigenvalue weighted by Gasteiger charge is 2.28. The lowest BCUT2D eigenvalue weighted by Crippen LogP contribution is -2.08. The van der Waals surface area contributed by atoms with Crippen LogP contribution in [0.25, 0.3) is 21.9 Å². The number of rotatable bonds is 8. The molecule has 0 aliphatic heterocycles. The van der Waals surface area contributed by atoms with Crippen molar-refractivity contribution in [2.24, 2.45) is 0 Å². The zero-order valence-corrected chi connectivity index (χ0v) is 17.9. The molecule has 0 saturated carbocycles. The van der Waals surface area contributed by atoms with Crippen molar-refractivity contribution in [2.75, 3.05) is 35.2 Å². The second-order valence-corrected chi connectivity index (χ2v) is 6.69. The lowest BCUT2D eigenvalue weighted by atomic mass is 9.92. The standard InChI is InChI=1S/C23H24O8/c1-12-9-17(31-11-27-2)19(20(21(12)24)23(25)26)14-10-16(29-4)18-13(22(14)30-5)7-6-8-15(18)28-3/h6-10,24H,11H2,1-5H3,(H,25,26). The summed E-state index contributed by atoms with van der Waals surface area (Å²) in [7, 11) is 5.99. The number of hydrogen-bond donors (Lipinski definition) is 2. The molecule has 31 heavy (non-hydrogen) atoms. The number of carboxylic acids is 1. The van der Waals surface area contributed by atoms with Crippen molar-refractivity contribution in [2.45, 2.75) is 6.92 Å². The number of benzene rings is 3. The molecule has 8 heteroatoms. The Morgan fingerprint density at radius 3 is 2.26 bits per heavy atom. The topological polar surface area (TPSA) is 104 Å². The number of ether oxygens (including phenoxy) is 5. The number of hydrogen-bond acceptors (Lipinski definition) is 7. The van der Waals surface area contributed by atoms with Gasteiger partial charge in [0.2, 0.25) is 0 Å². The summed E-state index contributed by atoms with van der Waals surface area (Å²) in [6.07, 6.45) is 0. The highest BCUT2D eigenvalue weighted by Crippen LogP contribution is 2.50. The molecule has 3 rings (SSSR count). The molecule has 0 heterocycles. The van der Waals surface area contributed by atoms with Crippen LogP contribution in [-0.4, -0.2) is 51.4 Å². The molecular formula is C23H24O8. The second kappa shape index (κ2) is 9.01. The number of aryl methyl sites for hydroxylation is 1. The van der Waals surface area contributed by atoms with Gasteiger partial charge in [0.15, 0.2) is 6.79 Å². The summed E-state index contributed by atoms with van der Waals surface area (Å²) in [5.41, 5.74) is 0.556. The number of fused-ring (bicyclic) bond motifs is 1. The van der Waals surface area contributed by atoms with Crippen LogP contribution in [0.4, 0.5) is 0 Å². The van der Waals surface area contributed by atoms with Crippen LogP contribution < -0.4 is 18.9 Å². The fourth-order valence-corrected chi connectivity index (χ4v) is 3.61. The van der Waals surface area contributed by atoms with E-state index in [1.165, 1.54) is 21.3 Å². The van der Waals surface area contributed by atoms with Gasteiger partial charge in [-0.3, -0.25) is 0 Å². The summed E-state index contributed by atoms with van der Waals surface area (Å²) in [6, 6.07) is 8.59. The van der Waals surface area contributed by atoms with E-state index >= 15 is 0 Å². The number of aromatic carboxylic acids is 1. The van der Waals surface area contributed by atoms with Crippen LogP contribution in [-0.2, 0) is 4.74 Å². The normalized spacial score (nSPS) is 10.7. The lowest BCUT2D eigenvalue weighted by Gasteiger charge is -2.21. The van der Waals surface area contributed by atoms with Gasteiger partial charge in [0.25, 0.3) is 0 Å². The minimum atomic E-state index is -1.31. The van der Waals surface area contributed by atoms with Gasteiger partial charge >= 0.3 is 5.97 Å². The molecule has 8 nitrogen and oxygen atoms in total. The van der Waals surface area contributed by atoms with Crippen molar-refractivity contribution < 1.29 is 38.7 Å². The molecule has 2 N–H and O–H groups in total. The van der Waals surface area contributed by atoms with Crippen LogP contribution in [0, 0.1) is 6.92 Å². The Labute approximate surface area is 179 Å². The molecule has 0 radical (unpaired) electrons. The number of phenols is 1. The molecular weight excluding hydrogens is 404 g/mol. The highest BCUT2D eigenvalue weighted by atomic mass is 16.7. The van der Waals surface area contributed by atoms with Crippen molar-refractivity contribution in [1.29, 1.82) is 0 Å². The SMILES string of the molecule is COCOc1cc(C)c(O)c(C(=O)O)c1-c1cc(OC)c2c(OC)cccc2c1OC. The zero-order valence-electron chi connectivity index (χ0n) is 17.9. The van der Waals surface area contributed by atoms with Gasteiger partial charge in [-0.25, -0.2) is 4.79 Å². The molecule has 0 aliphatic rings. The van der Waals surface area contributed by atoms with Crippen molar-refractivity contribution >= 4 is 16.7 Å². The Morgan fingerprint density at radius 1 is 0.968 bits per heavy atom. The van der Waals surface area contributed by atoms with Gasteiger partial charge in [-0.2, -0.15) is 0 Å². The fraction of sp³-hybridized carbons (Fsp3) is 0.261. The van der Waals surface area contributed by atoms with E-state index < -0.39 is 5.97 Å². The van der Waals surface area contributed by atoms with Crippen LogP contribution in [0.15, 0.2) is 30.3 Å². The summed E-state index contributed by atoms with van der Waals surface area (Å²) in [4.78, 5) is 12.2. The van der Waals surface area contributed by atoms with E-state index in [-0.39, 0.29) is 29.4 Å². The Balaban J connectivity index is 2.51. The maximum Gasteiger partial charge on any atom is 0.340 e. The average molecular weight is 428 g/mol. The number of carbonyl (C=O) groups is 1. The molecule has 0 atom stereocenters. The van der Waals surface area contributed by atoms with E-state index in [9.17, 15) is 15.0 Å². The van der Waals surface area contributed by atoms with Crippen molar-refractivity contribution in [3.63, 3.8) is 0 Å².